The van der Waals surface area contributed by atoms with Gasteiger partial charge < -0.3 is 0 Å². The maximum atomic E-state index is 4.31. The Morgan fingerprint density at radius 3 is 3.00 bits per heavy atom. The van der Waals surface area contributed by atoms with Gasteiger partial charge >= 0.3 is 0 Å². The van der Waals surface area contributed by atoms with Gasteiger partial charge in [0.1, 0.15) is 5.52 Å². The van der Waals surface area contributed by atoms with E-state index >= 15 is 0 Å². The largest absolute Gasteiger partial charge is 0.266 e. The number of hydrogen-bond acceptors (Lipinski definition) is 2. The standard InChI is InChI=1S/C8H9N3/c1-6-3-4-8-7(10-6)5-9-11(8)2/h3-5H,1-2H3. The second kappa shape index (κ2) is 2.05. The lowest BCUT2D eigenvalue weighted by Gasteiger charge is -1.93. The van der Waals surface area contributed by atoms with Crippen LogP contribution in [-0.2, 0) is 7.05 Å². The van der Waals surface area contributed by atoms with E-state index in [4.69, 9.17) is 0 Å². The van der Waals surface area contributed by atoms with Gasteiger partial charge in [-0.05, 0) is 19.1 Å². The molecule has 11 heavy (non-hydrogen) atoms. The Hall–Kier alpha value is -1.38. The van der Waals surface area contributed by atoms with Crippen LogP contribution >= 0.6 is 0 Å². The molecule has 0 atom stereocenters. The Balaban J connectivity index is 2.86. The Morgan fingerprint density at radius 2 is 2.18 bits per heavy atom. The molecule has 0 fully saturated rings. The smallest absolute Gasteiger partial charge is 0.109 e. The van der Waals surface area contributed by atoms with Gasteiger partial charge in [-0.15, -0.1) is 0 Å². The number of pyridine rings is 1. The van der Waals surface area contributed by atoms with E-state index in [0.29, 0.717) is 0 Å². The van der Waals surface area contributed by atoms with Crippen molar-refractivity contribution in [3.8, 4) is 0 Å². The molecule has 2 aromatic rings. The van der Waals surface area contributed by atoms with Crippen LogP contribution in [0.15, 0.2) is 18.3 Å². The number of rotatable bonds is 0. The summed E-state index contributed by atoms with van der Waals surface area (Å²) in [4.78, 5) is 4.31. The first-order chi connectivity index (χ1) is 5.27. The van der Waals surface area contributed by atoms with E-state index in [-0.39, 0.29) is 0 Å². The Bertz CT molecular complexity index is 389. The molecular weight excluding hydrogens is 138 g/mol. The molecule has 0 aliphatic heterocycles. The minimum Gasteiger partial charge on any atom is -0.266 e. The SMILES string of the molecule is Cc1ccc2c(cnn2C)n1. The van der Waals surface area contributed by atoms with Gasteiger partial charge in [-0.3, -0.25) is 4.68 Å². The summed E-state index contributed by atoms with van der Waals surface area (Å²) in [6, 6.07) is 4.02. The molecule has 3 heteroatoms. The normalized spacial score (nSPS) is 10.7. The number of aromatic nitrogens is 3. The topological polar surface area (TPSA) is 30.7 Å². The van der Waals surface area contributed by atoms with Crippen molar-refractivity contribution in [2.75, 3.05) is 0 Å². The summed E-state index contributed by atoms with van der Waals surface area (Å²) in [5.74, 6) is 0. The van der Waals surface area contributed by atoms with Gasteiger partial charge in [0.25, 0.3) is 0 Å². The van der Waals surface area contributed by atoms with Crippen LogP contribution in [0.3, 0.4) is 0 Å². The second-order valence-corrected chi connectivity index (χ2v) is 2.63. The summed E-state index contributed by atoms with van der Waals surface area (Å²) in [6.07, 6.45) is 1.78. The number of fused-ring (bicyclic) bond motifs is 1. The van der Waals surface area contributed by atoms with Crippen molar-refractivity contribution >= 4 is 11.0 Å². The van der Waals surface area contributed by atoms with Gasteiger partial charge in [0, 0.05) is 12.7 Å². The molecular formula is C8H9N3. The predicted octanol–water partition coefficient (Wildman–Crippen LogP) is 1.28. The summed E-state index contributed by atoms with van der Waals surface area (Å²) in [5, 5.41) is 4.09. The summed E-state index contributed by atoms with van der Waals surface area (Å²) in [6.45, 7) is 1.98. The molecule has 0 spiro atoms. The van der Waals surface area contributed by atoms with Crippen LogP contribution in [0, 0.1) is 6.92 Å². The molecule has 0 amide bonds. The first kappa shape index (κ1) is 6.34. The maximum absolute atomic E-state index is 4.31. The molecule has 0 radical (unpaired) electrons. The van der Waals surface area contributed by atoms with Crippen LogP contribution in [0.5, 0.6) is 0 Å². The van der Waals surface area contributed by atoms with Crippen molar-refractivity contribution < 1.29 is 0 Å². The van der Waals surface area contributed by atoms with E-state index in [2.05, 4.69) is 10.1 Å². The van der Waals surface area contributed by atoms with Crippen molar-refractivity contribution in [3.63, 3.8) is 0 Å². The molecule has 3 nitrogen and oxygen atoms in total. The highest BCUT2D eigenvalue weighted by molar-refractivity contribution is 5.73. The van der Waals surface area contributed by atoms with Crippen LogP contribution in [0.1, 0.15) is 5.69 Å². The predicted molar refractivity (Wildman–Crippen MR) is 43.2 cm³/mol. The second-order valence-electron chi connectivity index (χ2n) is 2.63. The first-order valence-corrected chi connectivity index (χ1v) is 3.53. The van der Waals surface area contributed by atoms with Crippen LogP contribution in [-0.4, -0.2) is 14.8 Å². The Labute approximate surface area is 64.7 Å². The summed E-state index contributed by atoms with van der Waals surface area (Å²) < 4.78 is 1.82. The lowest BCUT2D eigenvalue weighted by molar-refractivity contribution is 0.797. The molecule has 0 saturated carbocycles. The summed E-state index contributed by atoms with van der Waals surface area (Å²) in [7, 11) is 1.92. The van der Waals surface area contributed by atoms with E-state index in [9.17, 15) is 0 Å². The molecule has 2 heterocycles. The molecule has 0 unspecified atom stereocenters. The van der Waals surface area contributed by atoms with Gasteiger partial charge in [0.15, 0.2) is 0 Å². The monoisotopic (exact) mass is 147 g/mol. The first-order valence-electron chi connectivity index (χ1n) is 3.53. The third-order valence-electron chi connectivity index (χ3n) is 1.74. The number of aryl methyl sites for hydroxylation is 2. The van der Waals surface area contributed by atoms with Gasteiger partial charge in [-0.2, -0.15) is 5.10 Å². The van der Waals surface area contributed by atoms with Gasteiger partial charge in [0.2, 0.25) is 0 Å². The quantitative estimate of drug-likeness (QED) is 0.562. The molecule has 0 saturated heterocycles. The fourth-order valence-corrected chi connectivity index (χ4v) is 1.14. The van der Waals surface area contributed by atoms with Crippen molar-refractivity contribution in [3.05, 3.63) is 24.0 Å². The van der Waals surface area contributed by atoms with E-state index in [1.165, 1.54) is 0 Å². The van der Waals surface area contributed by atoms with E-state index in [1.807, 2.05) is 30.8 Å². The zero-order valence-electron chi connectivity index (χ0n) is 6.57. The van der Waals surface area contributed by atoms with E-state index < -0.39 is 0 Å². The van der Waals surface area contributed by atoms with Crippen molar-refractivity contribution in [1.82, 2.24) is 14.8 Å². The van der Waals surface area contributed by atoms with Crippen molar-refractivity contribution in [2.45, 2.75) is 6.92 Å². The van der Waals surface area contributed by atoms with Crippen molar-refractivity contribution in [1.29, 1.82) is 0 Å². The van der Waals surface area contributed by atoms with Crippen LogP contribution in [0.25, 0.3) is 11.0 Å². The van der Waals surface area contributed by atoms with Gasteiger partial charge in [-0.1, -0.05) is 0 Å². The molecule has 0 aromatic carbocycles. The van der Waals surface area contributed by atoms with Crippen LogP contribution in [0.2, 0.25) is 0 Å². The fourth-order valence-electron chi connectivity index (χ4n) is 1.14. The molecule has 0 aliphatic rings. The van der Waals surface area contributed by atoms with Crippen molar-refractivity contribution in [2.24, 2.45) is 7.05 Å². The van der Waals surface area contributed by atoms with Crippen LogP contribution in [0.4, 0.5) is 0 Å². The number of nitrogens with zero attached hydrogens (tertiary/aromatic N) is 3. The zero-order valence-corrected chi connectivity index (χ0v) is 6.57. The molecule has 56 valence electrons. The highest BCUT2D eigenvalue weighted by Gasteiger charge is 1.98. The lowest BCUT2D eigenvalue weighted by atomic mass is 10.3. The van der Waals surface area contributed by atoms with E-state index in [0.717, 1.165) is 16.7 Å². The average Bonchev–Trinajstić information content (AvgIpc) is 2.32. The number of hydrogen-bond donors (Lipinski definition) is 0. The molecule has 2 rings (SSSR count). The van der Waals surface area contributed by atoms with Gasteiger partial charge in [0.05, 0.1) is 11.7 Å². The Kier molecular flexibility index (Phi) is 1.18. The summed E-state index contributed by atoms with van der Waals surface area (Å²) in [5.41, 5.74) is 3.08. The maximum Gasteiger partial charge on any atom is 0.109 e. The lowest BCUT2D eigenvalue weighted by Crippen LogP contribution is -1.89. The van der Waals surface area contributed by atoms with E-state index in [1.54, 1.807) is 6.20 Å². The van der Waals surface area contributed by atoms with Crippen LogP contribution < -0.4 is 0 Å². The third kappa shape index (κ3) is 0.888. The minimum atomic E-state index is 0.965. The van der Waals surface area contributed by atoms with Gasteiger partial charge in [-0.25, -0.2) is 4.98 Å². The molecule has 0 aliphatic carbocycles. The molecule has 0 N–H and O–H groups in total. The highest BCUT2D eigenvalue weighted by Crippen LogP contribution is 2.09. The zero-order chi connectivity index (χ0) is 7.84. The minimum absolute atomic E-state index is 0.965. The molecule has 0 bridgehead atoms. The molecule has 2 aromatic heterocycles. The average molecular weight is 147 g/mol. The highest BCUT2D eigenvalue weighted by atomic mass is 15.3. The Morgan fingerprint density at radius 1 is 1.36 bits per heavy atom. The fraction of sp³-hybridized carbons (Fsp3) is 0.250. The summed E-state index contributed by atoms with van der Waals surface area (Å²) >= 11 is 0. The third-order valence-corrected chi connectivity index (χ3v) is 1.74.